The first-order valence-electron chi connectivity index (χ1n) is 26.4. The molecule has 2 aromatic rings. The molecule has 6 aliphatic rings. The first kappa shape index (κ1) is 58.9. The molecule has 76 heavy (non-hydrogen) atoms. The molecule has 25 atom stereocenters. The average Bonchev–Trinajstić information content (AvgIpc) is 3.38. The van der Waals surface area contributed by atoms with E-state index in [1.165, 1.54) is 21.0 Å². The van der Waals surface area contributed by atoms with Crippen molar-refractivity contribution in [3.63, 3.8) is 0 Å². The summed E-state index contributed by atoms with van der Waals surface area (Å²) in [6.07, 6.45) is -23.9. The third kappa shape index (κ3) is 11.9. The van der Waals surface area contributed by atoms with E-state index in [4.69, 9.17) is 52.1 Å². The molecule has 23 nitrogen and oxygen atoms in total. The predicted octanol–water partition coefficient (Wildman–Crippen LogP) is 1.03. The molecule has 10 N–H and O–H groups in total. The van der Waals surface area contributed by atoms with Gasteiger partial charge < -0.3 is 103 Å². The van der Waals surface area contributed by atoms with Crippen LogP contribution in [0.4, 0.5) is 0 Å². The number of phenols is 2. The quantitative estimate of drug-likeness (QED) is 0.119. The van der Waals surface area contributed by atoms with Crippen LogP contribution in [0.5, 0.6) is 17.2 Å². The van der Waals surface area contributed by atoms with Gasteiger partial charge in [0, 0.05) is 50.7 Å². The van der Waals surface area contributed by atoms with E-state index in [0.717, 1.165) is 0 Å². The lowest BCUT2D eigenvalue weighted by atomic mass is 9.75. The average molecular weight is 1080 g/mol. The summed E-state index contributed by atoms with van der Waals surface area (Å²) >= 11 is 0. The zero-order chi connectivity index (χ0) is 55.6. The Morgan fingerprint density at radius 2 is 1.17 bits per heavy atom. The molecule has 0 amide bonds. The fourth-order valence-electron chi connectivity index (χ4n) is 11.6. The van der Waals surface area contributed by atoms with Gasteiger partial charge in [0.1, 0.15) is 60.0 Å². The van der Waals surface area contributed by atoms with Crippen LogP contribution >= 0.6 is 0 Å². The summed E-state index contributed by atoms with van der Waals surface area (Å²) in [5.74, 6) is -4.06. The number of aliphatic hydroxyl groups excluding tert-OH is 7. The number of carbonyl (C=O) groups excluding carboxylic acids is 2. The number of aromatic hydroxyl groups is 2. The molecule has 23 heteroatoms. The van der Waals surface area contributed by atoms with Crippen molar-refractivity contribution in [2.75, 3.05) is 7.11 Å². The zero-order valence-corrected chi connectivity index (χ0v) is 44.5. The summed E-state index contributed by atoms with van der Waals surface area (Å²) in [5.41, 5.74) is -1.40. The van der Waals surface area contributed by atoms with Crippen molar-refractivity contribution in [3.05, 3.63) is 28.8 Å². The van der Waals surface area contributed by atoms with Crippen LogP contribution in [0.3, 0.4) is 0 Å². The fourth-order valence-corrected chi connectivity index (χ4v) is 11.6. The standard InChI is InChI=1S/C53H78O23/c1-19-11-34(67-22(4)41(19)55)73-31-15-35(68-23(5)44(31)58)72-30-14-28-12-27-13-29(50(66-10)49(63)43(57)21(3)54)51(48(62)40(27)47(61)39(28)42(56)20(30)2)76-37-17-32(45(59)25(7)70-37)74-36-16-33(46(60)24(6)69-36)75-38-18-53(9,65)52(64)26(8)71-38/h12,14,19,21-26,29,31-38,41,43-46,50-52,54-61,64-65H,11,13,15-18H2,1-10H3/t19-,21-,22?,23?,24?,25?,26?,29+,31-,32-,33-,34+,35+,36+,37+,38+,41+,43+,44-,45-,46+,50+,51+,52-,53+/m1/s1. The monoisotopic (exact) mass is 1080 g/mol. The molecule has 1 aliphatic carbocycles. The largest absolute Gasteiger partial charge is 0.507 e. The van der Waals surface area contributed by atoms with Crippen molar-refractivity contribution in [2.45, 2.75) is 242 Å². The molecule has 5 heterocycles. The normalized spacial score (nSPS) is 42.5. The Bertz CT molecular complexity index is 2350. The zero-order valence-electron chi connectivity index (χ0n) is 44.5. The van der Waals surface area contributed by atoms with Gasteiger partial charge in [-0.3, -0.25) is 9.59 Å². The summed E-state index contributed by atoms with van der Waals surface area (Å²) in [6.45, 7) is 14.2. The van der Waals surface area contributed by atoms with E-state index in [9.17, 15) is 55.9 Å². The second kappa shape index (κ2) is 23.4. The third-order valence-electron chi connectivity index (χ3n) is 16.2. The van der Waals surface area contributed by atoms with Gasteiger partial charge in [-0.1, -0.05) is 6.92 Å². The lowest BCUT2D eigenvalue weighted by Gasteiger charge is -2.46. The number of aliphatic hydroxyl groups is 8. The van der Waals surface area contributed by atoms with E-state index in [1.807, 2.05) is 6.92 Å². The smallest absolute Gasteiger partial charge is 0.202 e. The van der Waals surface area contributed by atoms with E-state index in [2.05, 4.69) is 0 Å². The maximum absolute atomic E-state index is 15.0. The molecule has 0 saturated carbocycles. The highest BCUT2D eigenvalue weighted by Crippen LogP contribution is 2.48. The van der Waals surface area contributed by atoms with Crippen molar-refractivity contribution in [1.82, 2.24) is 0 Å². The summed E-state index contributed by atoms with van der Waals surface area (Å²) in [4.78, 5) is 28.9. The van der Waals surface area contributed by atoms with Gasteiger partial charge in [0.25, 0.3) is 0 Å². The van der Waals surface area contributed by atoms with Crippen LogP contribution in [0.2, 0.25) is 0 Å². The van der Waals surface area contributed by atoms with Gasteiger partial charge in [-0.25, -0.2) is 0 Å². The minimum absolute atomic E-state index is 0.0452. The lowest BCUT2D eigenvalue weighted by molar-refractivity contribution is -0.334. The van der Waals surface area contributed by atoms with Crippen LogP contribution in [-0.4, -0.2) is 211 Å². The van der Waals surface area contributed by atoms with Gasteiger partial charge in [0.05, 0.1) is 77.6 Å². The lowest BCUT2D eigenvalue weighted by Crippen LogP contribution is -2.58. The summed E-state index contributed by atoms with van der Waals surface area (Å²) in [6, 6.07) is 3.09. The number of benzene rings is 2. The molecule has 5 unspecified atom stereocenters. The summed E-state index contributed by atoms with van der Waals surface area (Å²) < 4.78 is 67.0. The number of rotatable bonds is 15. The molecule has 0 radical (unpaired) electrons. The van der Waals surface area contributed by atoms with E-state index >= 15 is 4.79 Å². The second-order valence-electron chi connectivity index (χ2n) is 22.1. The fraction of sp³-hybridized carbons (Fsp3) is 0.774. The topological polar surface area (TPSA) is 338 Å². The third-order valence-corrected chi connectivity index (χ3v) is 16.2. The Morgan fingerprint density at radius 3 is 1.70 bits per heavy atom. The molecule has 0 bridgehead atoms. The van der Waals surface area contributed by atoms with Gasteiger partial charge in [-0.05, 0) is 90.8 Å². The molecule has 5 fully saturated rings. The number of carbonyl (C=O) groups is 2. The van der Waals surface area contributed by atoms with Crippen LogP contribution in [0, 0.1) is 18.8 Å². The number of methoxy groups -OCH3 is 1. The molecular weight excluding hydrogens is 1000 g/mol. The maximum atomic E-state index is 15.0. The highest BCUT2D eigenvalue weighted by molar-refractivity contribution is 6.11. The molecule has 428 valence electrons. The van der Waals surface area contributed by atoms with Gasteiger partial charge in [0.15, 0.2) is 36.7 Å². The van der Waals surface area contributed by atoms with E-state index in [0.29, 0.717) is 6.42 Å². The summed E-state index contributed by atoms with van der Waals surface area (Å²) in [7, 11) is 1.19. The van der Waals surface area contributed by atoms with E-state index < -0.39 is 170 Å². The number of fused-ring (bicyclic) bond motifs is 2. The van der Waals surface area contributed by atoms with Crippen molar-refractivity contribution < 1.29 is 113 Å². The van der Waals surface area contributed by atoms with Crippen LogP contribution in [0.25, 0.3) is 10.8 Å². The Morgan fingerprint density at radius 1 is 0.684 bits per heavy atom. The SMILES string of the molecule is CO[C@H](C(=O)[C@@H](O)[C@@H](C)O)[C@@H]1Cc2cc3cc(O[C@H]4C[C@@H](O[C@H]5C[C@@H](C)[C@H](O)C(C)O5)[C@H](O)C(C)O4)c(C)c(O)c3c(O)c2C(=O)[C@H]1O[C@H]1C[C@@H](O[C@H]2C[C@@H](O[C@H]3C[C@](C)(O)[C@H](O)C(C)O3)[C@@H](O)C(C)O2)[C@H](O)C(C)O1. The molecular formula is C53H78O23. The van der Waals surface area contributed by atoms with Crippen molar-refractivity contribution in [3.8, 4) is 17.2 Å². The molecule has 0 spiro atoms. The number of hydrogen-bond donors (Lipinski definition) is 10. The Kier molecular flexibility index (Phi) is 18.1. The van der Waals surface area contributed by atoms with Crippen LogP contribution in [0.1, 0.15) is 109 Å². The van der Waals surface area contributed by atoms with Gasteiger partial charge in [-0.15, -0.1) is 0 Å². The molecule has 2 aromatic carbocycles. The molecule has 8 rings (SSSR count). The van der Waals surface area contributed by atoms with Crippen LogP contribution in [0.15, 0.2) is 12.1 Å². The maximum Gasteiger partial charge on any atom is 0.202 e. The van der Waals surface area contributed by atoms with E-state index in [-0.39, 0.29) is 71.2 Å². The number of Topliss-reactive ketones (excluding diaryl/α,β-unsaturated/α-hetero) is 2. The van der Waals surface area contributed by atoms with Crippen molar-refractivity contribution >= 4 is 22.3 Å². The van der Waals surface area contributed by atoms with Gasteiger partial charge >= 0.3 is 0 Å². The highest BCUT2D eigenvalue weighted by atomic mass is 16.7. The highest BCUT2D eigenvalue weighted by Gasteiger charge is 2.51. The van der Waals surface area contributed by atoms with Crippen LogP contribution in [-0.2, 0) is 58.6 Å². The number of ether oxygens (including phenoxy) is 11. The van der Waals surface area contributed by atoms with Crippen molar-refractivity contribution in [1.29, 1.82) is 0 Å². The Labute approximate surface area is 440 Å². The van der Waals surface area contributed by atoms with Gasteiger partial charge in [0.2, 0.25) is 6.29 Å². The Hall–Kier alpha value is -3.28. The molecule has 5 aliphatic heterocycles. The van der Waals surface area contributed by atoms with E-state index in [1.54, 1.807) is 53.7 Å². The molecule has 5 saturated heterocycles. The Balaban J connectivity index is 1.04. The van der Waals surface area contributed by atoms with Crippen molar-refractivity contribution in [2.24, 2.45) is 11.8 Å². The first-order chi connectivity index (χ1) is 35.7. The number of ketones is 2. The predicted molar refractivity (Wildman–Crippen MR) is 262 cm³/mol. The second-order valence-corrected chi connectivity index (χ2v) is 22.1. The van der Waals surface area contributed by atoms with Crippen LogP contribution < -0.4 is 4.74 Å². The van der Waals surface area contributed by atoms with Gasteiger partial charge in [-0.2, -0.15) is 0 Å². The minimum Gasteiger partial charge on any atom is -0.507 e. The molecule has 0 aromatic heterocycles. The summed E-state index contributed by atoms with van der Waals surface area (Å²) in [5, 5.41) is 110. The first-order valence-corrected chi connectivity index (χ1v) is 26.4. The minimum atomic E-state index is -1.94. The number of phenolic OH excluding ortho intramolecular Hbond substituents is 2. The number of hydrogen-bond acceptors (Lipinski definition) is 23.